The van der Waals surface area contributed by atoms with E-state index in [1.807, 2.05) is 0 Å². The van der Waals surface area contributed by atoms with Gasteiger partial charge in [-0.2, -0.15) is 0 Å². The molecule has 1 aliphatic heterocycles. The molecule has 1 atom stereocenters. The summed E-state index contributed by atoms with van der Waals surface area (Å²) in [5.74, 6) is -0.932. The second-order valence-electron chi connectivity index (χ2n) is 7.53. The smallest absolute Gasteiger partial charge is 0.256 e. The molecular weight excluding hydrogens is 419 g/mol. The summed E-state index contributed by atoms with van der Waals surface area (Å²) in [5, 5.41) is 0. The van der Waals surface area contributed by atoms with Gasteiger partial charge in [-0.3, -0.25) is 9.78 Å². The van der Waals surface area contributed by atoms with Crippen LogP contribution in [0.5, 0.6) is 0 Å². The number of likely N-dealkylation sites (tertiary alicyclic amines) is 1. The molecule has 1 amide bonds. The number of hydrogen-bond acceptors (Lipinski definition) is 6. The van der Waals surface area contributed by atoms with Crippen LogP contribution in [-0.4, -0.2) is 53.5 Å². The molecule has 1 unspecified atom stereocenters. The van der Waals surface area contributed by atoms with Crippen LogP contribution in [0.4, 0.5) is 4.39 Å². The molecule has 1 aromatic carbocycles. The minimum atomic E-state index is -3.58. The van der Waals surface area contributed by atoms with Crippen LogP contribution < -0.4 is 0 Å². The van der Waals surface area contributed by atoms with Crippen molar-refractivity contribution in [3.05, 3.63) is 72.1 Å². The predicted molar refractivity (Wildman–Crippen MR) is 113 cm³/mol. The zero-order valence-corrected chi connectivity index (χ0v) is 17.7. The van der Waals surface area contributed by atoms with Crippen molar-refractivity contribution in [2.45, 2.75) is 23.7 Å². The highest BCUT2D eigenvalue weighted by Gasteiger charge is 2.31. The first-order valence-electron chi connectivity index (χ1n) is 9.86. The Morgan fingerprint density at radius 1 is 1.16 bits per heavy atom. The number of pyridine rings is 1. The summed E-state index contributed by atoms with van der Waals surface area (Å²) < 4.78 is 38.9. The molecule has 2 aromatic heterocycles. The SMILES string of the molecule is CS(=O)(=O)c1cnc(-c2cccnc2)nc1C1CCCN(C(=O)c2ccccc2F)C1. The molecule has 1 fully saturated rings. The fraction of sp³-hybridized carbons (Fsp3) is 0.273. The van der Waals surface area contributed by atoms with Crippen LogP contribution >= 0.6 is 0 Å². The maximum atomic E-state index is 14.1. The number of hydrogen-bond donors (Lipinski definition) is 0. The summed E-state index contributed by atoms with van der Waals surface area (Å²) >= 11 is 0. The van der Waals surface area contributed by atoms with E-state index in [2.05, 4.69) is 15.0 Å². The summed E-state index contributed by atoms with van der Waals surface area (Å²) in [4.78, 5) is 27.4. The second kappa shape index (κ2) is 8.50. The van der Waals surface area contributed by atoms with Gasteiger partial charge in [0.2, 0.25) is 0 Å². The van der Waals surface area contributed by atoms with Crippen molar-refractivity contribution in [2.75, 3.05) is 19.3 Å². The van der Waals surface area contributed by atoms with E-state index in [-0.39, 0.29) is 22.9 Å². The Hall–Kier alpha value is -3.20. The lowest BCUT2D eigenvalue weighted by Gasteiger charge is -2.33. The van der Waals surface area contributed by atoms with Crippen molar-refractivity contribution in [1.29, 1.82) is 0 Å². The average molecular weight is 441 g/mol. The standard InChI is InChI=1S/C22H21FN4O3S/c1-31(29,30)19-13-25-21(15-6-4-10-24-12-15)26-20(19)16-7-5-11-27(14-16)22(28)17-8-2-3-9-18(17)23/h2-4,6,8-10,12-13,16H,5,7,11,14H2,1H3. The molecule has 31 heavy (non-hydrogen) atoms. The molecule has 0 bridgehead atoms. The molecule has 1 saturated heterocycles. The number of halogens is 1. The Kier molecular flexibility index (Phi) is 5.77. The minimum absolute atomic E-state index is 0.00484. The van der Waals surface area contributed by atoms with Gasteiger partial charge in [0, 0.05) is 49.4 Å². The largest absolute Gasteiger partial charge is 0.338 e. The van der Waals surface area contributed by atoms with Gasteiger partial charge in [0.25, 0.3) is 5.91 Å². The molecule has 1 aliphatic rings. The quantitative estimate of drug-likeness (QED) is 0.619. The van der Waals surface area contributed by atoms with Crippen molar-refractivity contribution in [2.24, 2.45) is 0 Å². The lowest BCUT2D eigenvalue weighted by atomic mass is 9.93. The van der Waals surface area contributed by atoms with E-state index >= 15 is 0 Å². The Morgan fingerprint density at radius 2 is 1.97 bits per heavy atom. The molecule has 0 spiro atoms. The molecular formula is C22H21FN4O3S. The van der Waals surface area contributed by atoms with Crippen LogP contribution in [0.3, 0.4) is 0 Å². The summed E-state index contributed by atoms with van der Waals surface area (Å²) in [6.07, 6.45) is 6.98. The first-order valence-corrected chi connectivity index (χ1v) is 11.7. The monoisotopic (exact) mass is 440 g/mol. The third-order valence-corrected chi connectivity index (χ3v) is 6.42. The van der Waals surface area contributed by atoms with E-state index < -0.39 is 21.6 Å². The number of piperidine rings is 1. The molecule has 9 heteroatoms. The van der Waals surface area contributed by atoms with E-state index in [9.17, 15) is 17.6 Å². The van der Waals surface area contributed by atoms with Gasteiger partial charge in [-0.05, 0) is 37.1 Å². The summed E-state index contributed by atoms with van der Waals surface area (Å²) in [6.45, 7) is 0.720. The van der Waals surface area contributed by atoms with Crippen molar-refractivity contribution in [1.82, 2.24) is 19.9 Å². The summed E-state index contributed by atoms with van der Waals surface area (Å²) in [6, 6.07) is 9.39. The molecule has 0 saturated carbocycles. The normalized spacial score (nSPS) is 16.8. The number of nitrogens with zero attached hydrogens (tertiary/aromatic N) is 4. The lowest BCUT2D eigenvalue weighted by molar-refractivity contribution is 0.0700. The fourth-order valence-corrected chi connectivity index (χ4v) is 4.62. The number of aromatic nitrogens is 3. The predicted octanol–water partition coefficient (Wildman–Crippen LogP) is 3.10. The number of amides is 1. The Balaban J connectivity index is 1.70. The third kappa shape index (κ3) is 4.46. The zero-order chi connectivity index (χ0) is 22.0. The molecule has 7 nitrogen and oxygen atoms in total. The van der Waals surface area contributed by atoms with Gasteiger partial charge in [-0.15, -0.1) is 0 Å². The second-order valence-corrected chi connectivity index (χ2v) is 9.51. The molecule has 4 rings (SSSR count). The number of carbonyl (C=O) groups excluding carboxylic acids is 1. The maximum absolute atomic E-state index is 14.1. The Labute approximate surface area is 179 Å². The third-order valence-electron chi connectivity index (χ3n) is 5.30. The van der Waals surface area contributed by atoms with Crippen LogP contribution in [0.15, 0.2) is 59.9 Å². The van der Waals surface area contributed by atoms with Crippen molar-refractivity contribution in [3.63, 3.8) is 0 Å². The molecule has 160 valence electrons. The zero-order valence-electron chi connectivity index (χ0n) is 16.9. The Bertz CT molecular complexity index is 1220. The Morgan fingerprint density at radius 3 is 2.68 bits per heavy atom. The van der Waals surface area contributed by atoms with Crippen molar-refractivity contribution in [3.8, 4) is 11.4 Å². The van der Waals surface area contributed by atoms with Gasteiger partial charge in [0.1, 0.15) is 10.7 Å². The van der Waals surface area contributed by atoms with Crippen LogP contribution in [0.1, 0.15) is 34.8 Å². The number of benzene rings is 1. The first-order chi connectivity index (χ1) is 14.8. The summed E-state index contributed by atoms with van der Waals surface area (Å²) in [7, 11) is -3.58. The van der Waals surface area contributed by atoms with Gasteiger partial charge in [-0.25, -0.2) is 22.8 Å². The number of sulfone groups is 1. The van der Waals surface area contributed by atoms with E-state index in [4.69, 9.17) is 0 Å². The van der Waals surface area contributed by atoms with Gasteiger partial charge < -0.3 is 4.90 Å². The highest BCUT2D eigenvalue weighted by molar-refractivity contribution is 7.90. The maximum Gasteiger partial charge on any atom is 0.256 e. The molecule has 0 radical (unpaired) electrons. The molecule has 3 aromatic rings. The van der Waals surface area contributed by atoms with E-state index in [1.54, 1.807) is 35.5 Å². The van der Waals surface area contributed by atoms with Crippen LogP contribution in [0.25, 0.3) is 11.4 Å². The van der Waals surface area contributed by atoms with E-state index in [0.29, 0.717) is 36.5 Å². The van der Waals surface area contributed by atoms with Crippen molar-refractivity contribution >= 4 is 15.7 Å². The van der Waals surface area contributed by atoms with Gasteiger partial charge in [0.15, 0.2) is 15.7 Å². The summed E-state index contributed by atoms with van der Waals surface area (Å²) in [5.41, 5.74) is 1.05. The lowest BCUT2D eigenvalue weighted by Crippen LogP contribution is -2.40. The number of carbonyl (C=O) groups is 1. The number of rotatable bonds is 4. The topological polar surface area (TPSA) is 93.1 Å². The van der Waals surface area contributed by atoms with E-state index in [1.165, 1.54) is 24.4 Å². The van der Waals surface area contributed by atoms with Gasteiger partial charge >= 0.3 is 0 Å². The van der Waals surface area contributed by atoms with Crippen LogP contribution in [0, 0.1) is 5.82 Å². The highest BCUT2D eigenvalue weighted by atomic mass is 32.2. The average Bonchev–Trinajstić information content (AvgIpc) is 2.78. The molecule has 3 heterocycles. The van der Waals surface area contributed by atoms with Crippen molar-refractivity contribution < 1.29 is 17.6 Å². The van der Waals surface area contributed by atoms with Gasteiger partial charge in [0.05, 0.1) is 11.3 Å². The molecule has 0 N–H and O–H groups in total. The van der Waals surface area contributed by atoms with Crippen LogP contribution in [-0.2, 0) is 9.84 Å². The minimum Gasteiger partial charge on any atom is -0.338 e. The highest BCUT2D eigenvalue weighted by Crippen LogP contribution is 2.32. The van der Waals surface area contributed by atoms with Gasteiger partial charge in [-0.1, -0.05) is 12.1 Å². The van der Waals surface area contributed by atoms with Crippen LogP contribution in [0.2, 0.25) is 0 Å². The molecule has 0 aliphatic carbocycles. The first kappa shape index (κ1) is 21.0. The van der Waals surface area contributed by atoms with E-state index in [0.717, 1.165) is 6.26 Å². The fourth-order valence-electron chi connectivity index (χ4n) is 3.79.